The van der Waals surface area contributed by atoms with Gasteiger partial charge in [0.15, 0.2) is 0 Å². The number of nitrogens with zero attached hydrogens (tertiary/aromatic N) is 1. The predicted molar refractivity (Wildman–Crippen MR) is 113 cm³/mol. The number of benzene rings is 2. The van der Waals surface area contributed by atoms with E-state index in [1.807, 2.05) is 6.07 Å². The summed E-state index contributed by atoms with van der Waals surface area (Å²) in [6.45, 7) is 3.36. The van der Waals surface area contributed by atoms with Crippen molar-refractivity contribution in [3.63, 3.8) is 0 Å². The molecular weight excluding hydrogens is 430 g/mol. The van der Waals surface area contributed by atoms with Gasteiger partial charge in [-0.1, -0.05) is 23.4 Å². The maximum atomic E-state index is 12.5. The summed E-state index contributed by atoms with van der Waals surface area (Å²) in [6.07, 6.45) is 0. The molecule has 0 bridgehead atoms. The average molecular weight is 452 g/mol. The molecule has 11 heteroatoms. The highest BCUT2D eigenvalue weighted by atomic mass is 32.2. The molecule has 2 aromatic carbocycles. The molecule has 0 radical (unpaired) electrons. The summed E-state index contributed by atoms with van der Waals surface area (Å²) in [5, 5.41) is 3.70. The van der Waals surface area contributed by atoms with Gasteiger partial charge in [0.05, 0.1) is 10.6 Å². The second kappa shape index (κ2) is 8.76. The van der Waals surface area contributed by atoms with E-state index in [0.29, 0.717) is 17.0 Å². The third kappa shape index (κ3) is 5.51. The first-order chi connectivity index (χ1) is 14.2. The summed E-state index contributed by atoms with van der Waals surface area (Å²) in [5.74, 6) is 0.357. The maximum absolute atomic E-state index is 12.5. The van der Waals surface area contributed by atoms with E-state index < -0.39 is 20.0 Å². The highest BCUT2D eigenvalue weighted by Gasteiger charge is 2.19. The topological polar surface area (TPSA) is 128 Å². The number of para-hydroxylation sites is 1. The second-order valence-electron chi connectivity index (χ2n) is 6.43. The molecule has 3 rings (SSSR count). The number of rotatable bonds is 9. The molecule has 1 heterocycles. The quantitative estimate of drug-likeness (QED) is 0.512. The zero-order valence-electron chi connectivity index (χ0n) is 16.3. The Labute approximate surface area is 175 Å². The molecule has 9 nitrogen and oxygen atoms in total. The van der Waals surface area contributed by atoms with E-state index >= 15 is 0 Å². The number of anilines is 2. The molecule has 0 unspecified atom stereocenters. The lowest BCUT2D eigenvalue weighted by Crippen LogP contribution is -2.21. The number of aromatic nitrogens is 1. The first kappa shape index (κ1) is 21.7. The van der Waals surface area contributed by atoms with Gasteiger partial charge in [-0.2, -0.15) is 0 Å². The molecule has 0 spiro atoms. The number of ether oxygens (including phenoxy) is 1. The molecule has 2 N–H and O–H groups in total. The van der Waals surface area contributed by atoms with Crippen LogP contribution in [-0.2, 0) is 20.0 Å². The first-order valence-electron chi connectivity index (χ1n) is 8.90. The van der Waals surface area contributed by atoms with Crippen LogP contribution >= 0.6 is 0 Å². The summed E-state index contributed by atoms with van der Waals surface area (Å²) in [6, 6.07) is 14.2. The minimum atomic E-state index is -3.91. The standard InChI is InChI=1S/C19H21N3O6S2/c1-14-15(2)20-28-19(14)22-30(25,26)18-10-8-16(9-11-18)21-29(23,24)13-12-27-17-6-4-3-5-7-17/h3-11,21-22H,12-13H2,1-2H3. The monoisotopic (exact) mass is 451 g/mol. The van der Waals surface area contributed by atoms with Crippen LogP contribution in [0, 0.1) is 13.8 Å². The van der Waals surface area contributed by atoms with Crippen LogP contribution < -0.4 is 14.2 Å². The maximum Gasteiger partial charge on any atom is 0.264 e. The van der Waals surface area contributed by atoms with E-state index in [1.165, 1.54) is 24.3 Å². The highest BCUT2D eigenvalue weighted by molar-refractivity contribution is 7.93. The van der Waals surface area contributed by atoms with E-state index in [0.717, 1.165) is 0 Å². The molecule has 0 aliphatic rings. The molecule has 3 aromatic rings. The van der Waals surface area contributed by atoms with Crippen LogP contribution in [0.3, 0.4) is 0 Å². The first-order valence-corrected chi connectivity index (χ1v) is 12.0. The van der Waals surface area contributed by atoms with Gasteiger partial charge in [0.2, 0.25) is 15.9 Å². The van der Waals surface area contributed by atoms with Crippen molar-refractivity contribution in [2.75, 3.05) is 21.8 Å². The van der Waals surface area contributed by atoms with Crippen molar-refractivity contribution in [1.82, 2.24) is 5.16 Å². The Bertz CT molecular complexity index is 1200. The van der Waals surface area contributed by atoms with E-state index in [4.69, 9.17) is 9.26 Å². The molecule has 0 amide bonds. The van der Waals surface area contributed by atoms with Crippen LogP contribution in [0.15, 0.2) is 64.0 Å². The van der Waals surface area contributed by atoms with Crippen LogP contribution in [0.2, 0.25) is 0 Å². The largest absolute Gasteiger partial charge is 0.492 e. The van der Waals surface area contributed by atoms with Gasteiger partial charge in [-0.15, -0.1) is 0 Å². The van der Waals surface area contributed by atoms with Crippen molar-refractivity contribution in [2.24, 2.45) is 0 Å². The predicted octanol–water partition coefficient (Wildman–Crippen LogP) is 2.91. The van der Waals surface area contributed by atoms with Gasteiger partial charge in [0, 0.05) is 11.3 Å². The Morgan fingerprint density at radius 2 is 1.60 bits per heavy atom. The molecule has 0 aliphatic carbocycles. The number of hydrogen-bond acceptors (Lipinski definition) is 7. The summed E-state index contributed by atoms with van der Waals surface area (Å²) in [5.41, 5.74) is 1.40. The molecule has 0 saturated heterocycles. The number of hydrogen-bond donors (Lipinski definition) is 2. The molecule has 0 atom stereocenters. The van der Waals surface area contributed by atoms with Gasteiger partial charge in [0.1, 0.15) is 18.1 Å². The number of aryl methyl sites for hydroxylation is 1. The Morgan fingerprint density at radius 1 is 0.933 bits per heavy atom. The van der Waals surface area contributed by atoms with Crippen LogP contribution in [0.25, 0.3) is 0 Å². The average Bonchev–Trinajstić information content (AvgIpc) is 3.00. The summed E-state index contributed by atoms with van der Waals surface area (Å²) in [4.78, 5) is -0.0497. The highest BCUT2D eigenvalue weighted by Crippen LogP contribution is 2.23. The molecular formula is C19H21N3O6S2. The van der Waals surface area contributed by atoms with Crippen molar-refractivity contribution >= 4 is 31.6 Å². The lowest BCUT2D eigenvalue weighted by atomic mass is 10.3. The van der Waals surface area contributed by atoms with Gasteiger partial charge in [-0.05, 0) is 50.2 Å². The fourth-order valence-corrected chi connectivity index (χ4v) is 4.36. The van der Waals surface area contributed by atoms with E-state index in [1.54, 1.807) is 38.1 Å². The molecule has 1 aromatic heterocycles. The summed E-state index contributed by atoms with van der Waals surface area (Å²) in [7, 11) is -7.58. The molecule has 30 heavy (non-hydrogen) atoms. The SMILES string of the molecule is Cc1noc(NS(=O)(=O)c2ccc(NS(=O)(=O)CCOc3ccccc3)cc2)c1C. The zero-order chi connectivity index (χ0) is 21.8. The number of nitrogens with one attached hydrogen (secondary N) is 2. The van der Waals surface area contributed by atoms with Crippen LogP contribution in [0.4, 0.5) is 11.6 Å². The Kier molecular flexibility index (Phi) is 6.32. The van der Waals surface area contributed by atoms with Crippen molar-refractivity contribution in [3.05, 3.63) is 65.9 Å². The van der Waals surface area contributed by atoms with Crippen LogP contribution in [-0.4, -0.2) is 34.4 Å². The Hall–Kier alpha value is -3.05. The van der Waals surface area contributed by atoms with E-state index in [9.17, 15) is 16.8 Å². The van der Waals surface area contributed by atoms with Gasteiger partial charge >= 0.3 is 0 Å². The Balaban J connectivity index is 1.61. The fourth-order valence-electron chi connectivity index (χ4n) is 2.41. The molecule has 0 aliphatic heterocycles. The lowest BCUT2D eigenvalue weighted by molar-refractivity contribution is 0.341. The smallest absolute Gasteiger partial charge is 0.264 e. The van der Waals surface area contributed by atoms with Crippen molar-refractivity contribution < 1.29 is 26.1 Å². The molecule has 160 valence electrons. The lowest BCUT2D eigenvalue weighted by Gasteiger charge is -2.10. The van der Waals surface area contributed by atoms with Crippen LogP contribution in [0.1, 0.15) is 11.3 Å². The van der Waals surface area contributed by atoms with Crippen molar-refractivity contribution in [3.8, 4) is 5.75 Å². The zero-order valence-corrected chi connectivity index (χ0v) is 18.0. The van der Waals surface area contributed by atoms with Crippen molar-refractivity contribution in [1.29, 1.82) is 0 Å². The molecule has 0 fully saturated rings. The van der Waals surface area contributed by atoms with E-state index in [2.05, 4.69) is 14.6 Å². The number of sulfonamides is 2. The third-order valence-corrected chi connectivity index (χ3v) is 6.78. The minimum Gasteiger partial charge on any atom is -0.492 e. The van der Waals surface area contributed by atoms with Crippen LogP contribution in [0.5, 0.6) is 5.75 Å². The second-order valence-corrected chi connectivity index (χ2v) is 9.96. The van der Waals surface area contributed by atoms with Gasteiger partial charge < -0.3 is 9.26 Å². The molecule has 0 saturated carbocycles. The van der Waals surface area contributed by atoms with Gasteiger partial charge in [-0.3, -0.25) is 4.72 Å². The van der Waals surface area contributed by atoms with E-state index in [-0.39, 0.29) is 28.8 Å². The summed E-state index contributed by atoms with van der Waals surface area (Å²) >= 11 is 0. The van der Waals surface area contributed by atoms with Gasteiger partial charge in [0.25, 0.3) is 10.0 Å². The minimum absolute atomic E-state index is 0.0221. The summed E-state index contributed by atoms with van der Waals surface area (Å²) < 4.78 is 64.5. The van der Waals surface area contributed by atoms with Gasteiger partial charge in [-0.25, -0.2) is 21.6 Å². The third-order valence-electron chi connectivity index (χ3n) is 4.19. The Morgan fingerprint density at radius 3 is 2.20 bits per heavy atom. The van der Waals surface area contributed by atoms with Crippen molar-refractivity contribution in [2.45, 2.75) is 18.7 Å². The fraction of sp³-hybridized carbons (Fsp3) is 0.211. The normalized spacial score (nSPS) is 11.8.